The van der Waals surface area contributed by atoms with Gasteiger partial charge < -0.3 is 19.3 Å². The van der Waals surface area contributed by atoms with E-state index >= 15 is 0 Å². The van der Waals surface area contributed by atoms with E-state index in [2.05, 4.69) is 13.8 Å². The molecule has 0 bridgehead atoms. The quantitative estimate of drug-likeness (QED) is 0.387. The zero-order valence-electron chi connectivity index (χ0n) is 21.1. The minimum atomic E-state index is -0.703. The van der Waals surface area contributed by atoms with Crippen molar-refractivity contribution in [3.05, 3.63) is 52.9 Å². The number of aliphatic hydroxyl groups excluding tert-OH is 1. The van der Waals surface area contributed by atoms with Crippen molar-refractivity contribution in [2.45, 2.75) is 84.5 Å². The highest BCUT2D eigenvalue weighted by Crippen LogP contribution is 2.46. The minimum Gasteiger partial charge on any atom is -0.466 e. The van der Waals surface area contributed by atoms with Gasteiger partial charge in [0.2, 0.25) is 0 Å². The second-order valence-corrected chi connectivity index (χ2v) is 10.0. The molecule has 0 aromatic heterocycles. The molecule has 3 rings (SSSR count). The minimum absolute atomic E-state index is 0.0216. The number of carbonyl (C=O) groups is 2. The largest absolute Gasteiger partial charge is 0.466 e. The summed E-state index contributed by atoms with van der Waals surface area (Å²) in [5.74, 6) is -0.874. The molecule has 6 nitrogen and oxygen atoms in total. The van der Waals surface area contributed by atoms with E-state index in [9.17, 15) is 19.1 Å². The summed E-state index contributed by atoms with van der Waals surface area (Å²) in [5.41, 5.74) is 3.36. The predicted molar refractivity (Wildman–Crippen MR) is 131 cm³/mol. The number of aliphatic hydroxyl groups is 1. The summed E-state index contributed by atoms with van der Waals surface area (Å²) in [5, 5.41) is 9.95. The number of aryl methyl sites for hydroxylation is 1. The smallest absolute Gasteiger partial charge is 0.309 e. The van der Waals surface area contributed by atoms with Gasteiger partial charge in [-0.2, -0.15) is 0 Å². The van der Waals surface area contributed by atoms with Crippen LogP contribution in [-0.2, 0) is 23.8 Å². The highest BCUT2D eigenvalue weighted by Gasteiger charge is 2.35. The normalized spacial score (nSPS) is 24.5. The molecule has 3 atom stereocenters. The van der Waals surface area contributed by atoms with Gasteiger partial charge in [0.25, 0.3) is 0 Å². The number of benzene rings is 1. The van der Waals surface area contributed by atoms with Gasteiger partial charge in [-0.15, -0.1) is 0 Å². The van der Waals surface area contributed by atoms with Gasteiger partial charge in [0.15, 0.2) is 0 Å². The van der Waals surface area contributed by atoms with Crippen molar-refractivity contribution in [2.75, 3.05) is 13.2 Å². The van der Waals surface area contributed by atoms with Crippen LogP contribution in [0, 0.1) is 18.2 Å². The van der Waals surface area contributed by atoms with Crippen molar-refractivity contribution in [1.29, 1.82) is 0 Å². The first kappa shape index (κ1) is 27.1. The highest BCUT2D eigenvalue weighted by molar-refractivity contribution is 5.74. The van der Waals surface area contributed by atoms with E-state index < -0.39 is 18.2 Å². The molecule has 1 aromatic rings. The molecule has 1 aromatic carbocycles. The van der Waals surface area contributed by atoms with Gasteiger partial charge >= 0.3 is 11.9 Å². The predicted octanol–water partition coefficient (Wildman–Crippen LogP) is 5.06. The number of hydrogen-bond donors (Lipinski definition) is 1. The number of cyclic esters (lactones) is 1. The number of rotatable bonds is 9. The van der Waals surface area contributed by atoms with Gasteiger partial charge in [0.05, 0.1) is 25.2 Å². The van der Waals surface area contributed by atoms with Crippen LogP contribution in [0.15, 0.2) is 35.9 Å². The third-order valence-electron chi connectivity index (χ3n) is 6.58. The molecule has 192 valence electrons. The van der Waals surface area contributed by atoms with Crippen LogP contribution in [0.5, 0.6) is 0 Å². The molecule has 0 saturated carbocycles. The molecule has 1 saturated heterocycles. The Hall–Kier alpha value is -2.51. The fourth-order valence-electron chi connectivity index (χ4n) is 4.88. The van der Waals surface area contributed by atoms with Crippen LogP contribution in [0.4, 0.5) is 4.39 Å². The molecular formula is C28H37FO6. The Morgan fingerprint density at radius 3 is 2.77 bits per heavy atom. The summed E-state index contributed by atoms with van der Waals surface area (Å²) in [4.78, 5) is 23.4. The zero-order valence-corrected chi connectivity index (χ0v) is 21.1. The van der Waals surface area contributed by atoms with Crippen LogP contribution < -0.4 is 0 Å². The topological polar surface area (TPSA) is 82.1 Å². The summed E-state index contributed by atoms with van der Waals surface area (Å²) < 4.78 is 30.6. The number of hydrogen-bond acceptors (Lipinski definition) is 6. The summed E-state index contributed by atoms with van der Waals surface area (Å²) in [6, 6.07) is 5.12. The molecule has 1 unspecified atom stereocenters. The van der Waals surface area contributed by atoms with Crippen LogP contribution >= 0.6 is 0 Å². The highest BCUT2D eigenvalue weighted by atomic mass is 19.1. The molecule has 1 fully saturated rings. The third-order valence-corrected chi connectivity index (χ3v) is 6.58. The second-order valence-electron chi connectivity index (χ2n) is 10.0. The molecule has 2 aliphatic rings. The fourth-order valence-corrected chi connectivity index (χ4v) is 4.88. The summed E-state index contributed by atoms with van der Waals surface area (Å²) in [6.45, 7) is 8.64. The zero-order chi connectivity index (χ0) is 25.6. The fraction of sp³-hybridized carbons (Fsp3) is 0.571. The van der Waals surface area contributed by atoms with Gasteiger partial charge in [-0.05, 0) is 79.0 Å². The van der Waals surface area contributed by atoms with Crippen LogP contribution in [0.2, 0.25) is 0 Å². The molecule has 7 heteroatoms. The van der Waals surface area contributed by atoms with Crippen LogP contribution in [0.3, 0.4) is 0 Å². The molecule has 1 aliphatic carbocycles. The monoisotopic (exact) mass is 488 g/mol. The van der Waals surface area contributed by atoms with E-state index in [0.717, 1.165) is 23.1 Å². The van der Waals surface area contributed by atoms with Gasteiger partial charge in [-0.3, -0.25) is 9.59 Å². The summed E-state index contributed by atoms with van der Waals surface area (Å²) >= 11 is 0. The maximum Gasteiger partial charge on any atom is 0.309 e. The molecular weight excluding hydrogens is 451 g/mol. The number of esters is 2. The van der Waals surface area contributed by atoms with E-state index in [-0.39, 0.29) is 29.7 Å². The molecule has 1 aliphatic heterocycles. The number of halogens is 1. The molecule has 0 amide bonds. The average molecular weight is 489 g/mol. The van der Waals surface area contributed by atoms with Crippen molar-refractivity contribution in [2.24, 2.45) is 5.41 Å². The third kappa shape index (κ3) is 7.48. The molecule has 35 heavy (non-hydrogen) atoms. The molecule has 0 spiro atoms. The summed E-state index contributed by atoms with van der Waals surface area (Å²) in [7, 11) is 0. The van der Waals surface area contributed by atoms with E-state index in [1.165, 1.54) is 6.07 Å². The van der Waals surface area contributed by atoms with Crippen molar-refractivity contribution in [3.63, 3.8) is 0 Å². The van der Waals surface area contributed by atoms with Crippen molar-refractivity contribution in [1.82, 2.24) is 0 Å². The van der Waals surface area contributed by atoms with Crippen LogP contribution in [0.1, 0.15) is 70.4 Å². The van der Waals surface area contributed by atoms with Crippen molar-refractivity contribution < 1.29 is 33.3 Å². The number of carbonyl (C=O) groups excluding carboxylic acids is 2. The Labute approximate surface area is 207 Å². The lowest BCUT2D eigenvalue weighted by molar-refractivity contribution is -0.156. The standard InChI is InChI=1S/C28H37FO6/c1-5-33-26(31)7-6-12-34-22-16-23(19-8-11-25(29)18(2)13-19)24(28(3,4)17-22)10-9-21-14-20(30)15-27(32)35-21/h8-11,13,20-22,30H,5-7,12,14-17H2,1-4H3/t20-,21-,22?/m0/s1. The number of ether oxygens (including phenoxy) is 3. The van der Waals surface area contributed by atoms with E-state index in [1.807, 2.05) is 18.2 Å². The Morgan fingerprint density at radius 2 is 2.09 bits per heavy atom. The molecule has 1 N–H and O–H groups in total. The van der Waals surface area contributed by atoms with Crippen LogP contribution in [-0.4, -0.2) is 48.6 Å². The lowest BCUT2D eigenvalue weighted by Crippen LogP contribution is -2.32. The van der Waals surface area contributed by atoms with Gasteiger partial charge in [0.1, 0.15) is 11.9 Å². The van der Waals surface area contributed by atoms with Gasteiger partial charge in [-0.25, -0.2) is 4.39 Å². The van der Waals surface area contributed by atoms with Gasteiger partial charge in [-0.1, -0.05) is 26.0 Å². The van der Waals surface area contributed by atoms with Gasteiger partial charge in [0, 0.05) is 19.4 Å². The van der Waals surface area contributed by atoms with E-state index in [4.69, 9.17) is 14.2 Å². The lowest BCUT2D eigenvalue weighted by Gasteiger charge is -2.39. The average Bonchev–Trinajstić information content (AvgIpc) is 2.76. The van der Waals surface area contributed by atoms with Crippen molar-refractivity contribution in [3.8, 4) is 0 Å². The maximum atomic E-state index is 14.0. The van der Waals surface area contributed by atoms with Crippen molar-refractivity contribution >= 4 is 17.5 Å². The Morgan fingerprint density at radius 1 is 1.31 bits per heavy atom. The Balaban J connectivity index is 1.84. The molecule has 0 radical (unpaired) electrons. The van der Waals surface area contributed by atoms with E-state index in [0.29, 0.717) is 44.5 Å². The summed E-state index contributed by atoms with van der Waals surface area (Å²) in [6.07, 6.45) is 5.29. The van der Waals surface area contributed by atoms with Crippen LogP contribution in [0.25, 0.3) is 5.57 Å². The Bertz CT molecular complexity index is 980. The lowest BCUT2D eigenvalue weighted by atomic mass is 9.69. The first-order valence-electron chi connectivity index (χ1n) is 12.4. The maximum absolute atomic E-state index is 14.0. The number of allylic oxidation sites excluding steroid dienone is 2. The second kappa shape index (κ2) is 12.0. The van der Waals surface area contributed by atoms with E-state index in [1.54, 1.807) is 19.9 Å². The SMILES string of the molecule is CCOC(=O)CCCOC1CC(c2ccc(F)c(C)c2)=C(C=C[C@H]2C[C@H](O)CC(=O)O2)C(C)(C)C1. The molecule has 1 heterocycles. The first-order valence-corrected chi connectivity index (χ1v) is 12.4. The first-order chi connectivity index (χ1) is 16.6. The Kier molecular flexibility index (Phi) is 9.25.